The second kappa shape index (κ2) is 9.46. The van der Waals surface area contributed by atoms with Crippen LogP contribution in [0.15, 0.2) is 24.4 Å². The molecule has 0 aliphatic carbocycles. The third kappa shape index (κ3) is 4.97. The van der Waals surface area contributed by atoms with Gasteiger partial charge in [-0.2, -0.15) is 4.98 Å². The third-order valence-electron chi connectivity index (χ3n) is 5.77. The van der Waals surface area contributed by atoms with E-state index in [4.69, 9.17) is 23.2 Å². The van der Waals surface area contributed by atoms with Crippen LogP contribution in [0.5, 0.6) is 5.75 Å². The van der Waals surface area contributed by atoms with Crippen LogP contribution in [0.1, 0.15) is 31.4 Å². The summed E-state index contributed by atoms with van der Waals surface area (Å²) in [4.78, 5) is 25.3. The van der Waals surface area contributed by atoms with Crippen molar-refractivity contribution in [1.29, 1.82) is 0 Å². The fraction of sp³-hybridized carbons (Fsp3) is 0.476. The minimum Gasteiger partial charge on any atom is -0.503 e. The van der Waals surface area contributed by atoms with Crippen molar-refractivity contribution >= 4 is 40.9 Å². The Morgan fingerprint density at radius 2 is 2.06 bits per heavy atom. The fourth-order valence-corrected chi connectivity index (χ4v) is 4.57. The molecule has 2 aliphatic heterocycles. The number of carbonyl (C=O) groups is 1. The third-order valence-corrected chi connectivity index (χ3v) is 6.33. The number of anilines is 2. The van der Waals surface area contributed by atoms with Gasteiger partial charge in [0.25, 0.3) is 0 Å². The number of halogens is 2. The molecule has 2 saturated heterocycles. The molecule has 0 saturated carbocycles. The smallest absolute Gasteiger partial charge is 0.239 e. The van der Waals surface area contributed by atoms with Crippen molar-refractivity contribution in [3.63, 3.8) is 0 Å². The van der Waals surface area contributed by atoms with Gasteiger partial charge in [0.05, 0.1) is 18.3 Å². The van der Waals surface area contributed by atoms with Crippen molar-refractivity contribution < 1.29 is 9.90 Å². The molecule has 10 heteroatoms. The molecule has 2 aliphatic rings. The van der Waals surface area contributed by atoms with E-state index in [-0.39, 0.29) is 23.7 Å². The number of piperazine rings is 1. The number of hydrogen-bond acceptors (Lipinski definition) is 7. The minimum absolute atomic E-state index is 0.0400. The lowest BCUT2D eigenvalue weighted by molar-refractivity contribution is -0.133. The molecule has 31 heavy (non-hydrogen) atoms. The van der Waals surface area contributed by atoms with E-state index in [1.807, 2.05) is 22.8 Å². The first kappa shape index (κ1) is 21.9. The van der Waals surface area contributed by atoms with Crippen LogP contribution in [0.4, 0.5) is 11.8 Å². The molecule has 1 aromatic heterocycles. The number of aromatic nitrogens is 2. The largest absolute Gasteiger partial charge is 0.503 e. The van der Waals surface area contributed by atoms with E-state index in [1.165, 1.54) is 6.20 Å². The second-order valence-electron chi connectivity index (χ2n) is 7.90. The van der Waals surface area contributed by atoms with Crippen molar-refractivity contribution in [2.24, 2.45) is 0 Å². The number of carbonyl (C=O) groups excluding carboxylic acids is 1. The van der Waals surface area contributed by atoms with E-state index in [0.717, 1.165) is 24.9 Å². The maximum absolute atomic E-state index is 12.6. The molecule has 3 heterocycles. The molecule has 3 N–H and O–H groups in total. The Hall–Kier alpha value is -2.29. The number of nitrogens with zero attached hydrogens (tertiary/aromatic N) is 4. The summed E-state index contributed by atoms with van der Waals surface area (Å²) in [5, 5.41) is 17.8. The summed E-state index contributed by atoms with van der Waals surface area (Å²) < 4.78 is 0. The molecule has 2 atom stereocenters. The summed E-state index contributed by atoms with van der Waals surface area (Å²) in [6.45, 7) is 5.37. The van der Waals surface area contributed by atoms with E-state index < -0.39 is 0 Å². The molecule has 1 amide bonds. The number of rotatable bonds is 5. The van der Waals surface area contributed by atoms with Crippen LogP contribution in [-0.4, -0.2) is 64.6 Å². The van der Waals surface area contributed by atoms with Gasteiger partial charge in [0, 0.05) is 36.2 Å². The Morgan fingerprint density at radius 1 is 1.29 bits per heavy atom. The van der Waals surface area contributed by atoms with Crippen LogP contribution >= 0.6 is 23.2 Å². The van der Waals surface area contributed by atoms with Gasteiger partial charge in [-0.3, -0.25) is 4.79 Å². The predicted octanol–water partition coefficient (Wildman–Crippen LogP) is 3.06. The van der Waals surface area contributed by atoms with Gasteiger partial charge in [-0.15, -0.1) is 0 Å². The molecule has 0 spiro atoms. The van der Waals surface area contributed by atoms with E-state index in [1.54, 1.807) is 12.1 Å². The quantitative estimate of drug-likeness (QED) is 0.625. The summed E-state index contributed by atoms with van der Waals surface area (Å²) in [7, 11) is 0. The molecule has 0 radical (unpaired) electrons. The first-order chi connectivity index (χ1) is 14.9. The molecule has 2 fully saturated rings. The van der Waals surface area contributed by atoms with Gasteiger partial charge in [-0.05, 0) is 44.0 Å². The zero-order valence-corrected chi connectivity index (χ0v) is 18.8. The van der Waals surface area contributed by atoms with Gasteiger partial charge in [0.1, 0.15) is 0 Å². The van der Waals surface area contributed by atoms with E-state index in [9.17, 15) is 9.90 Å². The average Bonchev–Trinajstić information content (AvgIpc) is 3.30. The summed E-state index contributed by atoms with van der Waals surface area (Å²) in [6, 6.07) is 5.05. The van der Waals surface area contributed by atoms with Gasteiger partial charge < -0.3 is 25.5 Å². The Bertz CT molecular complexity index is 945. The van der Waals surface area contributed by atoms with Crippen LogP contribution in [-0.2, 0) is 4.79 Å². The highest BCUT2D eigenvalue weighted by Crippen LogP contribution is 2.31. The normalized spacial score (nSPS) is 20.0. The Balaban J connectivity index is 1.41. The Labute approximate surface area is 191 Å². The highest BCUT2D eigenvalue weighted by molar-refractivity contribution is 6.35. The fourth-order valence-electron chi connectivity index (χ4n) is 4.00. The Kier molecular flexibility index (Phi) is 6.69. The topological polar surface area (TPSA) is 93.6 Å². The second-order valence-corrected chi connectivity index (χ2v) is 8.74. The first-order valence-corrected chi connectivity index (χ1v) is 11.2. The van der Waals surface area contributed by atoms with Crippen LogP contribution in [0, 0.1) is 0 Å². The molecule has 2 aromatic rings. The summed E-state index contributed by atoms with van der Waals surface area (Å²) in [5.41, 5.74) is 0.846. The van der Waals surface area contributed by atoms with Crippen molar-refractivity contribution in [3.05, 3.63) is 40.0 Å². The zero-order valence-electron chi connectivity index (χ0n) is 17.3. The predicted molar refractivity (Wildman–Crippen MR) is 122 cm³/mol. The molecule has 0 bridgehead atoms. The van der Waals surface area contributed by atoms with Gasteiger partial charge in [-0.25, -0.2) is 4.98 Å². The van der Waals surface area contributed by atoms with E-state index in [0.29, 0.717) is 48.0 Å². The standard InChI is InChI=1S/C21H26Cl2N6O2/c1-13(15-5-4-14(22)11-16(15)23)26-19-18(30)12-25-21(27-19)29-9-7-28(8-10-29)20(31)17-3-2-6-24-17/h4-5,11-13,17,24,30H,2-3,6-10H2,1H3,(H,25,26,27)/t13-,17-/m1/s1. The average molecular weight is 465 g/mol. The zero-order chi connectivity index (χ0) is 22.0. The highest BCUT2D eigenvalue weighted by Gasteiger charge is 2.30. The summed E-state index contributed by atoms with van der Waals surface area (Å²) in [5.74, 6) is 0.986. The van der Waals surface area contributed by atoms with Gasteiger partial charge in [0.15, 0.2) is 11.6 Å². The molecular formula is C21H26Cl2N6O2. The Morgan fingerprint density at radius 3 is 2.74 bits per heavy atom. The summed E-state index contributed by atoms with van der Waals surface area (Å²) in [6.07, 6.45) is 3.35. The molecular weight excluding hydrogens is 439 g/mol. The molecule has 0 unspecified atom stereocenters. The van der Waals surface area contributed by atoms with E-state index in [2.05, 4.69) is 20.6 Å². The van der Waals surface area contributed by atoms with Crippen molar-refractivity contribution in [1.82, 2.24) is 20.2 Å². The molecule has 8 nitrogen and oxygen atoms in total. The van der Waals surface area contributed by atoms with Gasteiger partial charge in [-0.1, -0.05) is 29.3 Å². The first-order valence-electron chi connectivity index (χ1n) is 10.5. The number of hydrogen-bond donors (Lipinski definition) is 3. The lowest BCUT2D eigenvalue weighted by Crippen LogP contribution is -2.53. The minimum atomic E-state index is -0.202. The van der Waals surface area contributed by atoms with Gasteiger partial charge in [0.2, 0.25) is 11.9 Å². The van der Waals surface area contributed by atoms with Crippen LogP contribution in [0.25, 0.3) is 0 Å². The van der Waals surface area contributed by atoms with Crippen LogP contribution < -0.4 is 15.5 Å². The van der Waals surface area contributed by atoms with Crippen LogP contribution in [0.2, 0.25) is 10.0 Å². The molecule has 4 rings (SSSR count). The lowest BCUT2D eigenvalue weighted by Gasteiger charge is -2.36. The number of amides is 1. The van der Waals surface area contributed by atoms with Crippen molar-refractivity contribution in [3.8, 4) is 5.75 Å². The number of nitrogens with one attached hydrogen (secondary N) is 2. The lowest BCUT2D eigenvalue weighted by atomic mass is 10.1. The van der Waals surface area contributed by atoms with Crippen molar-refractivity contribution in [2.75, 3.05) is 42.9 Å². The molecule has 1 aromatic carbocycles. The maximum atomic E-state index is 12.6. The monoisotopic (exact) mass is 464 g/mol. The number of benzene rings is 1. The van der Waals surface area contributed by atoms with Crippen LogP contribution in [0.3, 0.4) is 0 Å². The van der Waals surface area contributed by atoms with Crippen molar-refractivity contribution in [2.45, 2.75) is 31.8 Å². The highest BCUT2D eigenvalue weighted by atomic mass is 35.5. The number of aromatic hydroxyl groups is 1. The maximum Gasteiger partial charge on any atom is 0.239 e. The summed E-state index contributed by atoms with van der Waals surface area (Å²) >= 11 is 12.3. The molecule has 166 valence electrons. The van der Waals surface area contributed by atoms with E-state index >= 15 is 0 Å². The van der Waals surface area contributed by atoms with Gasteiger partial charge >= 0.3 is 0 Å². The SMILES string of the molecule is C[C@@H](Nc1nc(N2CCN(C(=O)[C@H]3CCCN3)CC2)ncc1O)c1ccc(Cl)cc1Cl.